The van der Waals surface area contributed by atoms with Crippen molar-refractivity contribution in [1.29, 1.82) is 0 Å². The maximum atomic E-state index is 11.8. The molecule has 0 fully saturated rings. The summed E-state index contributed by atoms with van der Waals surface area (Å²) in [5.74, 6) is 0.582. The molecule has 2 aromatic rings. The van der Waals surface area contributed by atoms with Crippen molar-refractivity contribution < 1.29 is 8.78 Å². The highest BCUT2D eigenvalue weighted by Gasteiger charge is 2.02. The highest BCUT2D eigenvalue weighted by molar-refractivity contribution is 7.99. The fourth-order valence-corrected chi connectivity index (χ4v) is 2.30. The Labute approximate surface area is 102 Å². The Hall–Kier alpha value is -1.49. The summed E-state index contributed by atoms with van der Waals surface area (Å²) in [4.78, 5) is 8.31. The molecule has 0 atom stereocenters. The van der Waals surface area contributed by atoms with Gasteiger partial charge in [-0.3, -0.25) is 0 Å². The van der Waals surface area contributed by atoms with E-state index in [1.54, 1.807) is 0 Å². The van der Waals surface area contributed by atoms with E-state index < -0.39 is 6.08 Å². The van der Waals surface area contributed by atoms with Gasteiger partial charge in [-0.25, -0.2) is 9.97 Å². The first-order valence-electron chi connectivity index (χ1n) is 5.11. The highest BCUT2D eigenvalue weighted by Crippen LogP contribution is 2.24. The number of nitrogens with zero attached hydrogens (tertiary/aromatic N) is 2. The summed E-state index contributed by atoms with van der Waals surface area (Å²) in [7, 11) is 0. The van der Waals surface area contributed by atoms with Crippen LogP contribution in [0.1, 0.15) is 6.42 Å². The Morgan fingerprint density at radius 1 is 1.24 bits per heavy atom. The zero-order chi connectivity index (χ0) is 12.1. The van der Waals surface area contributed by atoms with Gasteiger partial charge in [-0.2, -0.15) is 8.78 Å². The monoisotopic (exact) mass is 252 g/mol. The van der Waals surface area contributed by atoms with Crippen molar-refractivity contribution in [3.05, 3.63) is 42.7 Å². The molecule has 88 valence electrons. The highest BCUT2D eigenvalue weighted by atomic mass is 32.2. The number of fused-ring (bicyclic) bond motifs is 1. The largest absolute Gasteiger partial charge is 0.266 e. The second-order valence-corrected chi connectivity index (χ2v) is 4.41. The van der Waals surface area contributed by atoms with Gasteiger partial charge in [-0.05, 0) is 18.6 Å². The molecule has 2 nitrogen and oxygen atoms in total. The first-order chi connectivity index (χ1) is 8.27. The zero-order valence-corrected chi connectivity index (χ0v) is 9.75. The minimum Gasteiger partial charge on any atom is -0.236 e. The quantitative estimate of drug-likeness (QED) is 0.469. The molecule has 0 aliphatic carbocycles. The first kappa shape index (κ1) is 12.0. The fraction of sp³-hybridized carbons (Fsp3) is 0.167. The number of thioether (sulfide) groups is 1. The van der Waals surface area contributed by atoms with E-state index in [-0.39, 0.29) is 0 Å². The minimum absolute atomic E-state index is 0.339. The average Bonchev–Trinajstić information content (AvgIpc) is 2.34. The van der Waals surface area contributed by atoms with E-state index in [1.165, 1.54) is 18.1 Å². The van der Waals surface area contributed by atoms with Crippen LogP contribution in [0.3, 0.4) is 0 Å². The molecular formula is C12H10F2N2S. The predicted molar refractivity (Wildman–Crippen MR) is 65.2 cm³/mol. The fourth-order valence-electron chi connectivity index (χ4n) is 1.42. The smallest absolute Gasteiger partial charge is 0.236 e. The molecule has 1 aromatic heterocycles. The number of allylic oxidation sites excluding steroid dienone is 1. The SMILES string of the molecule is FC(F)=CCCSc1ncnc2ccccc12. The normalized spacial score (nSPS) is 10.5. The summed E-state index contributed by atoms with van der Waals surface area (Å²) >= 11 is 1.46. The molecule has 0 unspecified atom stereocenters. The Morgan fingerprint density at radius 3 is 2.88 bits per heavy atom. The molecule has 0 saturated heterocycles. The van der Waals surface area contributed by atoms with E-state index in [4.69, 9.17) is 0 Å². The van der Waals surface area contributed by atoms with Crippen LogP contribution in [0.2, 0.25) is 0 Å². The van der Waals surface area contributed by atoms with Crippen LogP contribution in [0, 0.1) is 0 Å². The van der Waals surface area contributed by atoms with Crippen LogP contribution in [-0.2, 0) is 0 Å². The number of benzene rings is 1. The zero-order valence-electron chi connectivity index (χ0n) is 8.94. The number of hydrogen-bond donors (Lipinski definition) is 0. The van der Waals surface area contributed by atoms with Crippen LogP contribution in [0.25, 0.3) is 10.9 Å². The van der Waals surface area contributed by atoms with E-state index in [0.29, 0.717) is 12.2 Å². The van der Waals surface area contributed by atoms with Crippen molar-refractivity contribution in [2.24, 2.45) is 0 Å². The Balaban J connectivity index is 2.11. The second-order valence-electron chi connectivity index (χ2n) is 3.33. The van der Waals surface area contributed by atoms with E-state index in [0.717, 1.165) is 22.0 Å². The minimum atomic E-state index is -1.63. The lowest BCUT2D eigenvalue weighted by Gasteiger charge is -2.02. The lowest BCUT2D eigenvalue weighted by molar-refractivity contribution is 0.418. The van der Waals surface area contributed by atoms with E-state index >= 15 is 0 Å². The van der Waals surface area contributed by atoms with Crippen molar-refractivity contribution in [3.8, 4) is 0 Å². The Kier molecular flexibility index (Phi) is 4.03. The molecule has 1 aromatic carbocycles. The van der Waals surface area contributed by atoms with Gasteiger partial charge in [0.25, 0.3) is 6.08 Å². The topological polar surface area (TPSA) is 25.8 Å². The lowest BCUT2D eigenvalue weighted by Crippen LogP contribution is -1.87. The van der Waals surface area contributed by atoms with Gasteiger partial charge in [0.2, 0.25) is 0 Å². The molecule has 0 aliphatic rings. The maximum absolute atomic E-state index is 11.8. The molecule has 5 heteroatoms. The van der Waals surface area contributed by atoms with Crippen LogP contribution >= 0.6 is 11.8 Å². The van der Waals surface area contributed by atoms with Crippen molar-refractivity contribution in [3.63, 3.8) is 0 Å². The molecule has 0 saturated carbocycles. The molecular weight excluding hydrogens is 242 g/mol. The summed E-state index contributed by atoms with van der Waals surface area (Å²) in [6, 6.07) is 7.66. The van der Waals surface area contributed by atoms with Crippen LogP contribution in [-0.4, -0.2) is 15.7 Å². The number of halogens is 2. The van der Waals surface area contributed by atoms with Crippen molar-refractivity contribution >= 4 is 22.7 Å². The van der Waals surface area contributed by atoms with Crippen LogP contribution in [0.15, 0.2) is 47.8 Å². The van der Waals surface area contributed by atoms with Crippen LogP contribution < -0.4 is 0 Å². The van der Waals surface area contributed by atoms with Gasteiger partial charge < -0.3 is 0 Å². The second kappa shape index (κ2) is 5.72. The molecule has 1 heterocycles. The molecule has 2 rings (SSSR count). The Morgan fingerprint density at radius 2 is 2.06 bits per heavy atom. The van der Waals surface area contributed by atoms with Crippen molar-refractivity contribution in [2.45, 2.75) is 11.4 Å². The molecule has 0 radical (unpaired) electrons. The third-order valence-electron chi connectivity index (χ3n) is 2.16. The number of rotatable bonds is 4. The van der Waals surface area contributed by atoms with Crippen molar-refractivity contribution in [2.75, 3.05) is 5.75 Å². The van der Waals surface area contributed by atoms with Gasteiger partial charge in [0.1, 0.15) is 11.4 Å². The van der Waals surface area contributed by atoms with Crippen LogP contribution in [0.4, 0.5) is 8.78 Å². The lowest BCUT2D eigenvalue weighted by atomic mass is 10.2. The standard InChI is InChI=1S/C12H10F2N2S/c13-11(14)6-3-7-17-12-9-4-1-2-5-10(9)15-8-16-12/h1-2,4-6,8H,3,7H2. The third-order valence-corrected chi connectivity index (χ3v) is 3.20. The summed E-state index contributed by atoms with van der Waals surface area (Å²) in [6.07, 6.45) is 1.14. The van der Waals surface area contributed by atoms with Gasteiger partial charge in [0, 0.05) is 11.1 Å². The van der Waals surface area contributed by atoms with E-state index in [2.05, 4.69) is 9.97 Å². The van der Waals surface area contributed by atoms with Crippen LogP contribution in [0.5, 0.6) is 0 Å². The molecule has 0 bridgehead atoms. The third kappa shape index (κ3) is 3.23. The van der Waals surface area contributed by atoms with Gasteiger partial charge in [0.15, 0.2) is 0 Å². The average molecular weight is 252 g/mol. The first-order valence-corrected chi connectivity index (χ1v) is 6.09. The van der Waals surface area contributed by atoms with Crippen molar-refractivity contribution in [1.82, 2.24) is 9.97 Å². The molecule has 0 amide bonds. The molecule has 0 aliphatic heterocycles. The molecule has 17 heavy (non-hydrogen) atoms. The van der Waals surface area contributed by atoms with Gasteiger partial charge in [0.05, 0.1) is 5.52 Å². The van der Waals surface area contributed by atoms with Gasteiger partial charge in [-0.1, -0.05) is 18.2 Å². The summed E-state index contributed by atoms with van der Waals surface area (Å²) in [5, 5.41) is 1.80. The van der Waals surface area contributed by atoms with E-state index in [9.17, 15) is 8.78 Å². The summed E-state index contributed by atoms with van der Waals surface area (Å²) in [5.41, 5.74) is 0.872. The number of hydrogen-bond acceptors (Lipinski definition) is 3. The summed E-state index contributed by atoms with van der Waals surface area (Å²) < 4.78 is 23.7. The number of aromatic nitrogens is 2. The molecule has 0 spiro atoms. The van der Waals surface area contributed by atoms with Gasteiger partial charge >= 0.3 is 0 Å². The summed E-state index contributed by atoms with van der Waals surface area (Å²) in [6.45, 7) is 0. The number of para-hydroxylation sites is 1. The predicted octanol–water partition coefficient (Wildman–Crippen LogP) is 3.89. The Bertz CT molecular complexity index is 534. The van der Waals surface area contributed by atoms with Gasteiger partial charge in [-0.15, -0.1) is 11.8 Å². The maximum Gasteiger partial charge on any atom is 0.266 e. The molecule has 0 N–H and O–H groups in total. The van der Waals surface area contributed by atoms with E-state index in [1.807, 2.05) is 24.3 Å².